The van der Waals surface area contributed by atoms with Crippen molar-refractivity contribution in [2.24, 2.45) is 11.5 Å². The maximum atomic E-state index is 8.42. The van der Waals surface area contributed by atoms with Crippen molar-refractivity contribution in [3.63, 3.8) is 0 Å². The molecule has 14 heavy (non-hydrogen) atoms. The van der Waals surface area contributed by atoms with Gasteiger partial charge in [-0.25, -0.2) is 0 Å². The summed E-state index contributed by atoms with van der Waals surface area (Å²) in [5, 5.41) is 28.3. The van der Waals surface area contributed by atoms with Gasteiger partial charge in [0.1, 0.15) is 0 Å². The molecule has 0 unspecified atom stereocenters. The zero-order chi connectivity index (χ0) is 9.11. The first-order chi connectivity index (χ1) is 5.15. The molecule has 10 heteroatoms. The fourth-order valence-corrected chi connectivity index (χ4v) is 0.329. The Hall–Kier alpha value is 2.82. The van der Waals surface area contributed by atoms with Gasteiger partial charge < -0.3 is 31.9 Å². The van der Waals surface area contributed by atoms with Gasteiger partial charge in [0.05, 0.1) is 0 Å². The Bertz CT molecular complexity index is 70.3. The van der Waals surface area contributed by atoms with Crippen molar-refractivity contribution in [2.75, 3.05) is 26.2 Å². The monoisotopic (exact) mass is 231 g/mol. The molecule has 0 saturated carbocycles. The second-order valence-electron chi connectivity index (χ2n) is 1.62. The van der Waals surface area contributed by atoms with Crippen LogP contribution < -0.4 is 121 Å². The largest absolute Gasteiger partial charge is 1.00 e. The summed E-state index contributed by atoms with van der Waals surface area (Å²) in [6.45, 7) is 3.13. The van der Waals surface area contributed by atoms with Crippen molar-refractivity contribution in [1.29, 1.82) is 0 Å². The van der Waals surface area contributed by atoms with E-state index in [0.717, 1.165) is 13.1 Å². The SMILES string of the molecule is NCCNCCN.[Na+].[Na+].[Na+].[O-]B([O-])[O-]. The van der Waals surface area contributed by atoms with Crippen molar-refractivity contribution in [1.82, 2.24) is 5.32 Å². The molecule has 0 amide bonds. The average Bonchev–Trinajstić information content (AvgIpc) is 1.88. The standard InChI is InChI=1S/C4H13N3.BO3.3Na/c5-1-3-7-4-2-6;2-1(3)4;;;/h7H,1-6H2;;;;/q;-3;3*+1. The summed E-state index contributed by atoms with van der Waals surface area (Å²) in [5.74, 6) is 0. The molecule has 68 valence electrons. The van der Waals surface area contributed by atoms with E-state index in [1.807, 2.05) is 0 Å². The molecule has 0 spiro atoms. The summed E-state index contributed by atoms with van der Waals surface area (Å²) < 4.78 is 0. The maximum Gasteiger partial charge on any atom is 1.00 e. The van der Waals surface area contributed by atoms with E-state index in [4.69, 9.17) is 26.5 Å². The first-order valence-corrected chi connectivity index (χ1v) is 3.23. The second-order valence-corrected chi connectivity index (χ2v) is 1.62. The summed E-state index contributed by atoms with van der Waals surface area (Å²) in [5.41, 5.74) is 10.3. The molecule has 0 aromatic rings. The minimum absolute atomic E-state index is 0. The van der Waals surface area contributed by atoms with Crippen LogP contribution in [0.1, 0.15) is 0 Å². The van der Waals surface area contributed by atoms with E-state index in [9.17, 15) is 0 Å². The third-order valence-electron chi connectivity index (χ3n) is 0.642. The molecular weight excluding hydrogens is 218 g/mol. The molecule has 0 aliphatic heterocycles. The number of nitrogens with two attached hydrogens (primary N) is 2. The molecule has 0 aromatic carbocycles. The van der Waals surface area contributed by atoms with Gasteiger partial charge in [0.25, 0.3) is 0 Å². The molecule has 0 aliphatic carbocycles. The van der Waals surface area contributed by atoms with Crippen molar-refractivity contribution < 1.29 is 104 Å². The molecule has 0 atom stereocenters. The molecule has 0 aromatic heterocycles. The second kappa shape index (κ2) is 29.7. The van der Waals surface area contributed by atoms with Crippen molar-refractivity contribution in [3.05, 3.63) is 0 Å². The predicted molar refractivity (Wildman–Crippen MR) is 36.7 cm³/mol. The van der Waals surface area contributed by atoms with Gasteiger partial charge in [-0.05, 0) is 0 Å². The average molecular weight is 231 g/mol. The van der Waals surface area contributed by atoms with Gasteiger partial charge in [-0.3, -0.25) is 7.32 Å². The molecule has 0 bridgehead atoms. The molecule has 0 heterocycles. The Balaban J connectivity index is -0.0000000347. The van der Waals surface area contributed by atoms with Crippen LogP contribution in [-0.2, 0) is 0 Å². The molecule has 0 rings (SSSR count). The quantitative estimate of drug-likeness (QED) is 0.325. The van der Waals surface area contributed by atoms with Crippen molar-refractivity contribution in [3.8, 4) is 0 Å². The summed E-state index contributed by atoms with van der Waals surface area (Å²) in [4.78, 5) is 0. The van der Waals surface area contributed by atoms with Gasteiger partial charge in [-0.2, -0.15) is 0 Å². The van der Waals surface area contributed by atoms with E-state index < -0.39 is 7.32 Å². The summed E-state index contributed by atoms with van der Waals surface area (Å²) in [6.07, 6.45) is 0. The van der Waals surface area contributed by atoms with Gasteiger partial charge in [-0.1, -0.05) is 0 Å². The van der Waals surface area contributed by atoms with Gasteiger partial charge in [0.2, 0.25) is 0 Å². The first kappa shape index (κ1) is 30.1. The molecule has 0 radical (unpaired) electrons. The zero-order valence-corrected chi connectivity index (χ0v) is 15.3. The van der Waals surface area contributed by atoms with Gasteiger partial charge >= 0.3 is 88.7 Å². The van der Waals surface area contributed by atoms with Gasteiger partial charge in [-0.15, -0.1) is 0 Å². The molecule has 0 fully saturated rings. The van der Waals surface area contributed by atoms with Crippen LogP contribution >= 0.6 is 0 Å². The van der Waals surface area contributed by atoms with Crippen LogP contribution in [0.3, 0.4) is 0 Å². The van der Waals surface area contributed by atoms with Crippen molar-refractivity contribution >= 4 is 7.32 Å². The number of nitrogens with one attached hydrogen (secondary N) is 1. The van der Waals surface area contributed by atoms with Gasteiger partial charge in [0, 0.05) is 26.2 Å². The Morgan fingerprint density at radius 1 is 0.857 bits per heavy atom. The Morgan fingerprint density at radius 3 is 1.21 bits per heavy atom. The van der Waals surface area contributed by atoms with E-state index in [1.165, 1.54) is 0 Å². The van der Waals surface area contributed by atoms with Gasteiger partial charge in [0.15, 0.2) is 0 Å². The van der Waals surface area contributed by atoms with Crippen LogP contribution in [0.2, 0.25) is 0 Å². The number of hydrogen-bond donors (Lipinski definition) is 3. The van der Waals surface area contributed by atoms with E-state index in [0.29, 0.717) is 13.1 Å². The summed E-state index contributed by atoms with van der Waals surface area (Å²) in [6, 6.07) is 0. The van der Waals surface area contributed by atoms with Crippen LogP contribution in [0.5, 0.6) is 0 Å². The van der Waals surface area contributed by atoms with Crippen LogP contribution in [0.15, 0.2) is 0 Å². The molecule has 0 saturated heterocycles. The minimum atomic E-state index is -2.92. The van der Waals surface area contributed by atoms with Crippen LogP contribution in [-0.4, -0.2) is 33.5 Å². The van der Waals surface area contributed by atoms with Crippen LogP contribution in [0.4, 0.5) is 0 Å². The Kier molecular flexibility index (Phi) is 63.9. The molecule has 0 aliphatic rings. The van der Waals surface area contributed by atoms with Crippen LogP contribution in [0, 0.1) is 0 Å². The maximum absolute atomic E-state index is 8.42. The third kappa shape index (κ3) is 60.8. The van der Waals surface area contributed by atoms with E-state index in [1.54, 1.807) is 0 Å². The fourth-order valence-electron chi connectivity index (χ4n) is 0.329. The topological polar surface area (TPSA) is 133 Å². The predicted octanol–water partition coefficient (Wildman–Crippen LogP) is -14.4. The smallest absolute Gasteiger partial charge is 0.907 e. The summed E-state index contributed by atoms with van der Waals surface area (Å²) in [7, 11) is -2.92. The molecule has 6 nitrogen and oxygen atoms in total. The van der Waals surface area contributed by atoms with E-state index >= 15 is 0 Å². The van der Waals surface area contributed by atoms with Crippen molar-refractivity contribution in [2.45, 2.75) is 0 Å². The first-order valence-electron chi connectivity index (χ1n) is 3.23. The molecule has 5 N–H and O–H groups in total. The number of rotatable bonds is 4. The minimum Gasteiger partial charge on any atom is -0.907 e. The fraction of sp³-hybridized carbons (Fsp3) is 1.00. The van der Waals surface area contributed by atoms with Crippen LogP contribution in [0.25, 0.3) is 0 Å². The Morgan fingerprint density at radius 2 is 1.07 bits per heavy atom. The Labute approximate surface area is 152 Å². The van der Waals surface area contributed by atoms with E-state index in [2.05, 4.69) is 5.32 Å². The normalized spacial score (nSPS) is 6.64. The van der Waals surface area contributed by atoms with E-state index in [-0.39, 0.29) is 88.7 Å². The third-order valence-corrected chi connectivity index (χ3v) is 0.642. The number of hydrogen-bond acceptors (Lipinski definition) is 6. The zero-order valence-electron chi connectivity index (χ0n) is 9.29. The summed E-state index contributed by atoms with van der Waals surface area (Å²) >= 11 is 0. The molecular formula is C4H13BN3Na3O3.